The number of hydrogen-bond donors (Lipinski definition) is 4. The molecule has 6 nitrogen and oxygen atoms in total. The van der Waals surface area contributed by atoms with Gasteiger partial charge in [-0.3, -0.25) is 9.78 Å². The summed E-state index contributed by atoms with van der Waals surface area (Å²) in [7, 11) is 0. The highest BCUT2D eigenvalue weighted by molar-refractivity contribution is 9.10. The van der Waals surface area contributed by atoms with Gasteiger partial charge in [-0.15, -0.1) is 0 Å². The van der Waals surface area contributed by atoms with Crippen molar-refractivity contribution in [1.82, 2.24) is 15.3 Å². The highest BCUT2D eigenvalue weighted by Crippen LogP contribution is 2.40. The molecule has 34 heavy (non-hydrogen) atoms. The Hall–Kier alpha value is -2.84. The molecule has 0 radical (unpaired) electrons. The number of aryl methyl sites for hydroxylation is 1. The molecular formula is C26H24BrN3O3S. The van der Waals surface area contributed by atoms with Crippen LogP contribution in [0.25, 0.3) is 21.8 Å². The quantitative estimate of drug-likeness (QED) is 0.253. The van der Waals surface area contributed by atoms with Gasteiger partial charge in [0.25, 0.3) is 0 Å². The summed E-state index contributed by atoms with van der Waals surface area (Å²) in [5, 5.41) is 14.6. The van der Waals surface area contributed by atoms with E-state index in [2.05, 4.69) is 56.0 Å². The Morgan fingerprint density at radius 3 is 2.91 bits per heavy atom. The first-order valence-electron chi connectivity index (χ1n) is 11.2. The van der Waals surface area contributed by atoms with Crippen LogP contribution in [0.1, 0.15) is 29.0 Å². The second-order valence-corrected chi connectivity index (χ2v) is 10.0. The van der Waals surface area contributed by atoms with Gasteiger partial charge in [-0.1, -0.05) is 40.2 Å². The van der Waals surface area contributed by atoms with Gasteiger partial charge < -0.3 is 15.4 Å². The van der Waals surface area contributed by atoms with Gasteiger partial charge in [-0.05, 0) is 53.6 Å². The van der Waals surface area contributed by atoms with Crippen LogP contribution in [-0.4, -0.2) is 38.7 Å². The molecule has 0 saturated heterocycles. The number of pyridine rings is 1. The SMILES string of the molecule is O=C(N[C@@H](Cc1cnc2c1ccc1ccc[nH]c12)C(=O)O)C(CS)C1CCc2cc(Br)ccc21. The molecule has 174 valence electrons. The van der Waals surface area contributed by atoms with Crippen LogP contribution in [0.4, 0.5) is 0 Å². The second kappa shape index (κ2) is 9.43. The van der Waals surface area contributed by atoms with E-state index in [1.54, 1.807) is 6.20 Å². The van der Waals surface area contributed by atoms with Crippen molar-refractivity contribution in [2.45, 2.75) is 31.2 Å². The molecule has 2 unspecified atom stereocenters. The average Bonchev–Trinajstić information content (AvgIpc) is 3.43. The summed E-state index contributed by atoms with van der Waals surface area (Å²) in [4.78, 5) is 33.1. The van der Waals surface area contributed by atoms with Crippen LogP contribution in [-0.2, 0) is 22.4 Å². The summed E-state index contributed by atoms with van der Waals surface area (Å²) in [5.74, 6) is -1.37. The van der Waals surface area contributed by atoms with E-state index in [4.69, 9.17) is 0 Å². The number of carboxylic acid groups (broad SMARTS) is 1. The molecule has 0 spiro atoms. The Kier molecular flexibility index (Phi) is 6.36. The Labute approximate surface area is 210 Å². The Morgan fingerprint density at radius 1 is 1.26 bits per heavy atom. The van der Waals surface area contributed by atoms with Gasteiger partial charge in [0, 0.05) is 39.8 Å². The van der Waals surface area contributed by atoms with Gasteiger partial charge in [0.1, 0.15) is 6.04 Å². The van der Waals surface area contributed by atoms with Crippen LogP contribution in [0.3, 0.4) is 0 Å². The van der Waals surface area contributed by atoms with E-state index < -0.39 is 17.9 Å². The van der Waals surface area contributed by atoms with Gasteiger partial charge >= 0.3 is 5.97 Å². The number of carboxylic acids is 1. The second-order valence-electron chi connectivity index (χ2n) is 8.76. The number of benzene rings is 2. The summed E-state index contributed by atoms with van der Waals surface area (Å²) in [6.07, 6.45) is 5.45. The third-order valence-corrected chi connectivity index (χ3v) is 7.68. The summed E-state index contributed by atoms with van der Waals surface area (Å²) in [6.45, 7) is 0. The third kappa shape index (κ3) is 4.20. The maximum atomic E-state index is 13.3. The van der Waals surface area contributed by atoms with E-state index in [1.165, 1.54) is 5.56 Å². The summed E-state index contributed by atoms with van der Waals surface area (Å²) >= 11 is 7.97. The van der Waals surface area contributed by atoms with E-state index in [0.717, 1.165) is 50.2 Å². The lowest BCUT2D eigenvalue weighted by atomic mass is 9.87. The zero-order chi connectivity index (χ0) is 23.8. The van der Waals surface area contributed by atoms with Crippen molar-refractivity contribution in [3.63, 3.8) is 0 Å². The normalized spacial score (nSPS) is 16.9. The maximum Gasteiger partial charge on any atom is 0.326 e. The predicted octanol–water partition coefficient (Wildman–Crippen LogP) is 4.87. The van der Waals surface area contributed by atoms with Crippen molar-refractivity contribution >= 4 is 62.2 Å². The standard InChI is InChI=1S/C26H24BrN3O3S/c27-17-5-8-18-15(10-17)4-7-20(18)21(13-34)25(31)30-22(26(32)33)11-16-12-29-24-19(16)6-3-14-2-1-9-28-23(14)24/h1-3,5-6,8-10,12,20-22,28,34H,4,7,11,13H2,(H,30,31)(H,32,33)/t20?,21?,22-/m0/s1. The average molecular weight is 538 g/mol. The number of hydrogen-bond acceptors (Lipinski definition) is 4. The van der Waals surface area contributed by atoms with Crippen molar-refractivity contribution in [1.29, 1.82) is 0 Å². The van der Waals surface area contributed by atoms with Gasteiger partial charge in [0.2, 0.25) is 5.91 Å². The molecule has 3 N–H and O–H groups in total. The molecule has 3 atom stereocenters. The molecule has 0 aliphatic heterocycles. The molecule has 2 heterocycles. The van der Waals surface area contributed by atoms with Crippen molar-refractivity contribution < 1.29 is 14.7 Å². The minimum Gasteiger partial charge on any atom is -0.480 e. The molecule has 8 heteroatoms. The lowest BCUT2D eigenvalue weighted by Crippen LogP contribution is -2.46. The number of nitrogens with zero attached hydrogens (tertiary/aromatic N) is 1. The molecular weight excluding hydrogens is 514 g/mol. The number of aromatic nitrogens is 2. The van der Waals surface area contributed by atoms with Gasteiger partial charge in [0.05, 0.1) is 17.0 Å². The summed E-state index contributed by atoms with van der Waals surface area (Å²) < 4.78 is 1.02. The molecule has 1 aliphatic carbocycles. The number of halogens is 1. The van der Waals surface area contributed by atoms with Crippen LogP contribution < -0.4 is 5.32 Å². The molecule has 2 aromatic heterocycles. The summed E-state index contributed by atoms with van der Waals surface area (Å²) in [6, 6.07) is 12.9. The molecule has 0 fully saturated rings. The smallest absolute Gasteiger partial charge is 0.326 e. The number of aromatic amines is 1. The number of rotatable bonds is 7. The molecule has 2 aromatic carbocycles. The van der Waals surface area contributed by atoms with E-state index in [-0.39, 0.29) is 18.2 Å². The van der Waals surface area contributed by atoms with Crippen LogP contribution in [0.2, 0.25) is 0 Å². The largest absolute Gasteiger partial charge is 0.480 e. The zero-order valence-electron chi connectivity index (χ0n) is 18.3. The monoisotopic (exact) mass is 537 g/mol. The lowest BCUT2D eigenvalue weighted by molar-refractivity contribution is -0.142. The van der Waals surface area contributed by atoms with E-state index in [1.807, 2.05) is 36.5 Å². The van der Waals surface area contributed by atoms with Gasteiger partial charge in [-0.2, -0.15) is 12.6 Å². The minimum atomic E-state index is -1.07. The number of nitrogens with one attached hydrogen (secondary N) is 2. The van der Waals surface area contributed by atoms with Crippen LogP contribution in [0, 0.1) is 5.92 Å². The molecule has 1 amide bonds. The first-order chi connectivity index (χ1) is 16.5. The number of fused-ring (bicyclic) bond motifs is 4. The lowest BCUT2D eigenvalue weighted by Gasteiger charge is -2.24. The van der Waals surface area contributed by atoms with E-state index in [0.29, 0.717) is 5.75 Å². The van der Waals surface area contributed by atoms with Gasteiger partial charge in [-0.25, -0.2) is 4.79 Å². The number of carbonyl (C=O) groups excluding carboxylic acids is 1. The predicted molar refractivity (Wildman–Crippen MR) is 139 cm³/mol. The maximum absolute atomic E-state index is 13.3. The fourth-order valence-corrected chi connectivity index (χ4v) is 5.91. The number of amides is 1. The fourth-order valence-electron chi connectivity index (χ4n) is 5.08. The van der Waals surface area contributed by atoms with Crippen LogP contribution >= 0.6 is 28.6 Å². The first-order valence-corrected chi connectivity index (χ1v) is 12.6. The van der Waals surface area contributed by atoms with Crippen LogP contribution in [0.5, 0.6) is 0 Å². The molecule has 5 rings (SSSR count). The molecule has 0 saturated carbocycles. The third-order valence-electron chi connectivity index (χ3n) is 6.79. The Bertz CT molecular complexity index is 1400. The first kappa shape index (κ1) is 22.9. The van der Waals surface area contributed by atoms with Crippen molar-refractivity contribution in [2.75, 3.05) is 5.75 Å². The van der Waals surface area contributed by atoms with Crippen molar-refractivity contribution in [2.24, 2.45) is 5.92 Å². The zero-order valence-corrected chi connectivity index (χ0v) is 20.8. The number of aliphatic carboxylic acids is 1. The molecule has 4 aromatic rings. The minimum absolute atomic E-state index is 0.0263. The number of H-pyrrole nitrogens is 1. The number of thiol groups is 1. The van der Waals surface area contributed by atoms with E-state index >= 15 is 0 Å². The Balaban J connectivity index is 1.37. The highest BCUT2D eigenvalue weighted by atomic mass is 79.9. The number of carbonyl (C=O) groups is 2. The van der Waals surface area contributed by atoms with E-state index in [9.17, 15) is 14.7 Å². The van der Waals surface area contributed by atoms with Crippen molar-refractivity contribution in [3.8, 4) is 0 Å². The Morgan fingerprint density at radius 2 is 2.12 bits per heavy atom. The van der Waals surface area contributed by atoms with Crippen LogP contribution in [0.15, 0.2) is 59.3 Å². The highest BCUT2D eigenvalue weighted by Gasteiger charge is 2.35. The molecule has 1 aliphatic rings. The van der Waals surface area contributed by atoms with Crippen molar-refractivity contribution in [3.05, 3.63) is 76.0 Å². The topological polar surface area (TPSA) is 95.1 Å². The fraction of sp³-hybridized carbons (Fsp3) is 0.269. The summed E-state index contributed by atoms with van der Waals surface area (Å²) in [5.41, 5.74) is 4.88. The molecule has 0 bridgehead atoms. The van der Waals surface area contributed by atoms with Gasteiger partial charge in [0.15, 0.2) is 0 Å².